The lowest BCUT2D eigenvalue weighted by Gasteiger charge is -1.98. The third kappa shape index (κ3) is 1.86. The minimum Gasteiger partial charge on any atom is -0.399 e. The highest BCUT2D eigenvalue weighted by Crippen LogP contribution is 2.39. The molecule has 8 heteroatoms. The maximum atomic E-state index is 10.7. The van der Waals surface area contributed by atoms with E-state index >= 15 is 0 Å². The van der Waals surface area contributed by atoms with Gasteiger partial charge in [-0.15, -0.1) is 11.3 Å². The van der Waals surface area contributed by atoms with Crippen LogP contribution in [0.2, 0.25) is 0 Å². The first kappa shape index (κ1) is 12.4. The zero-order chi connectivity index (χ0) is 14.3. The quantitative estimate of drug-likeness (QED) is 0.590. The molecule has 0 aliphatic heterocycles. The van der Waals surface area contributed by atoms with Crippen molar-refractivity contribution in [1.82, 2.24) is 9.78 Å². The Labute approximate surface area is 117 Å². The summed E-state index contributed by atoms with van der Waals surface area (Å²) in [4.78, 5) is 11.0. The van der Waals surface area contributed by atoms with E-state index in [0.717, 1.165) is 10.4 Å². The van der Waals surface area contributed by atoms with Gasteiger partial charge in [-0.2, -0.15) is 5.10 Å². The van der Waals surface area contributed by atoms with Gasteiger partial charge in [0, 0.05) is 11.9 Å². The van der Waals surface area contributed by atoms with E-state index in [2.05, 4.69) is 5.10 Å². The van der Waals surface area contributed by atoms with Crippen molar-refractivity contribution in [3.8, 4) is 21.9 Å². The molecular weight excluding hydrogens is 280 g/mol. The van der Waals surface area contributed by atoms with Gasteiger partial charge < -0.3 is 10.2 Å². The van der Waals surface area contributed by atoms with Gasteiger partial charge in [0.15, 0.2) is 5.76 Å². The van der Waals surface area contributed by atoms with Gasteiger partial charge >= 0.3 is 5.88 Å². The molecule has 0 bridgehead atoms. The van der Waals surface area contributed by atoms with Crippen LogP contribution in [0.15, 0.2) is 34.1 Å². The maximum Gasteiger partial charge on any atom is 0.433 e. The van der Waals surface area contributed by atoms with Crippen LogP contribution in [-0.2, 0) is 7.05 Å². The molecule has 3 heterocycles. The molecule has 0 saturated heterocycles. The Kier molecular flexibility index (Phi) is 2.79. The number of nitrogens with two attached hydrogens (primary N) is 1. The summed E-state index contributed by atoms with van der Waals surface area (Å²) in [5, 5.41) is 16.9. The van der Waals surface area contributed by atoms with Crippen LogP contribution in [-0.4, -0.2) is 14.7 Å². The van der Waals surface area contributed by atoms with Gasteiger partial charge in [0.1, 0.15) is 16.4 Å². The number of nitrogens with zero attached hydrogens (tertiary/aromatic N) is 3. The van der Waals surface area contributed by atoms with E-state index in [1.165, 1.54) is 28.2 Å². The van der Waals surface area contributed by atoms with Crippen LogP contribution >= 0.6 is 11.3 Å². The number of hydrogen-bond acceptors (Lipinski definition) is 6. The van der Waals surface area contributed by atoms with E-state index < -0.39 is 4.92 Å². The predicted molar refractivity (Wildman–Crippen MR) is 75.3 cm³/mol. The van der Waals surface area contributed by atoms with Crippen LogP contribution < -0.4 is 5.73 Å². The molecule has 20 heavy (non-hydrogen) atoms. The topological polar surface area (TPSA) is 100 Å². The van der Waals surface area contributed by atoms with Gasteiger partial charge in [0.05, 0.1) is 11.6 Å². The van der Waals surface area contributed by atoms with Crippen molar-refractivity contribution < 1.29 is 9.34 Å². The summed E-state index contributed by atoms with van der Waals surface area (Å²) in [7, 11) is 1.72. The SMILES string of the molecule is Cn1nc(-c2ccc([N+](=O)[O-])o2)c(-c2cccs2)c1N. The lowest BCUT2D eigenvalue weighted by molar-refractivity contribution is -0.401. The monoisotopic (exact) mass is 290 g/mol. The molecule has 0 saturated carbocycles. The molecular formula is C12H10N4O3S. The number of aromatic nitrogens is 2. The zero-order valence-corrected chi connectivity index (χ0v) is 11.3. The van der Waals surface area contributed by atoms with Gasteiger partial charge in [0.25, 0.3) is 0 Å². The van der Waals surface area contributed by atoms with Crippen molar-refractivity contribution in [2.45, 2.75) is 0 Å². The summed E-state index contributed by atoms with van der Waals surface area (Å²) >= 11 is 1.52. The average Bonchev–Trinajstić information content (AvgIpc) is 3.11. The number of aryl methyl sites for hydroxylation is 1. The molecule has 0 spiro atoms. The molecule has 0 radical (unpaired) electrons. The van der Waals surface area contributed by atoms with E-state index in [-0.39, 0.29) is 5.88 Å². The summed E-state index contributed by atoms with van der Waals surface area (Å²) in [5.74, 6) is 0.496. The van der Waals surface area contributed by atoms with Crippen LogP contribution in [0.3, 0.4) is 0 Å². The Bertz CT molecular complexity index is 773. The minimum absolute atomic E-state index is 0.318. The van der Waals surface area contributed by atoms with E-state index in [9.17, 15) is 10.1 Å². The van der Waals surface area contributed by atoms with Gasteiger partial charge in [-0.05, 0) is 17.5 Å². The summed E-state index contributed by atoms with van der Waals surface area (Å²) in [6.45, 7) is 0. The summed E-state index contributed by atoms with van der Waals surface area (Å²) in [6, 6.07) is 6.65. The van der Waals surface area contributed by atoms with Gasteiger partial charge in [-0.3, -0.25) is 14.8 Å². The molecule has 102 valence electrons. The normalized spacial score (nSPS) is 10.8. The van der Waals surface area contributed by atoms with Gasteiger partial charge in [-0.25, -0.2) is 0 Å². The molecule has 0 aliphatic carbocycles. The van der Waals surface area contributed by atoms with Crippen LogP contribution in [0, 0.1) is 10.1 Å². The first-order valence-corrected chi connectivity index (χ1v) is 6.57. The molecule has 0 fully saturated rings. The fraction of sp³-hybridized carbons (Fsp3) is 0.0833. The van der Waals surface area contributed by atoms with Gasteiger partial charge in [0.2, 0.25) is 0 Å². The fourth-order valence-electron chi connectivity index (χ4n) is 1.93. The predicted octanol–water partition coefficient (Wildman–Crippen LogP) is 2.90. The number of nitro groups is 1. The summed E-state index contributed by atoms with van der Waals surface area (Å²) < 4.78 is 6.74. The highest BCUT2D eigenvalue weighted by Gasteiger charge is 2.22. The molecule has 3 aromatic heterocycles. The smallest absolute Gasteiger partial charge is 0.399 e. The number of thiophene rings is 1. The molecule has 0 atom stereocenters. The second kappa shape index (κ2) is 4.49. The zero-order valence-electron chi connectivity index (χ0n) is 10.4. The van der Waals surface area contributed by atoms with Crippen molar-refractivity contribution >= 4 is 23.0 Å². The number of rotatable bonds is 3. The first-order valence-electron chi connectivity index (χ1n) is 5.69. The number of nitrogen functional groups attached to an aromatic ring is 1. The van der Waals surface area contributed by atoms with E-state index in [4.69, 9.17) is 10.2 Å². The first-order chi connectivity index (χ1) is 9.58. The van der Waals surface area contributed by atoms with E-state index in [1.807, 2.05) is 17.5 Å². The third-order valence-corrected chi connectivity index (χ3v) is 3.75. The molecule has 2 N–H and O–H groups in total. The molecule has 0 aromatic carbocycles. The van der Waals surface area contributed by atoms with Crippen molar-refractivity contribution in [2.24, 2.45) is 7.05 Å². The second-order valence-electron chi connectivity index (χ2n) is 4.10. The average molecular weight is 290 g/mol. The minimum atomic E-state index is -0.583. The highest BCUT2D eigenvalue weighted by atomic mass is 32.1. The Morgan fingerprint density at radius 1 is 1.45 bits per heavy atom. The van der Waals surface area contributed by atoms with Crippen molar-refractivity contribution in [3.63, 3.8) is 0 Å². The molecule has 3 aromatic rings. The van der Waals surface area contributed by atoms with E-state index in [0.29, 0.717) is 17.3 Å². The number of furan rings is 1. The molecule has 3 rings (SSSR count). The highest BCUT2D eigenvalue weighted by molar-refractivity contribution is 7.13. The van der Waals surface area contributed by atoms with Crippen LogP contribution in [0.5, 0.6) is 0 Å². The van der Waals surface area contributed by atoms with Crippen LogP contribution in [0.4, 0.5) is 11.7 Å². The van der Waals surface area contributed by atoms with Crippen molar-refractivity contribution in [1.29, 1.82) is 0 Å². The molecule has 0 amide bonds. The Balaban J connectivity index is 2.18. The Hall–Kier alpha value is -2.61. The summed E-state index contributed by atoms with van der Waals surface area (Å²) in [5.41, 5.74) is 7.26. The molecule has 7 nitrogen and oxygen atoms in total. The lowest BCUT2D eigenvalue weighted by atomic mass is 10.1. The van der Waals surface area contributed by atoms with Gasteiger partial charge in [-0.1, -0.05) is 6.07 Å². The van der Waals surface area contributed by atoms with Crippen LogP contribution in [0.25, 0.3) is 21.9 Å². The van der Waals surface area contributed by atoms with E-state index in [1.54, 1.807) is 7.05 Å². The third-order valence-electron chi connectivity index (χ3n) is 2.86. The van der Waals surface area contributed by atoms with Crippen LogP contribution in [0.1, 0.15) is 0 Å². The number of hydrogen-bond donors (Lipinski definition) is 1. The fourth-order valence-corrected chi connectivity index (χ4v) is 2.71. The lowest BCUT2D eigenvalue weighted by Crippen LogP contribution is -1.97. The second-order valence-corrected chi connectivity index (χ2v) is 5.05. The standard InChI is InChI=1S/C12H10N4O3S/c1-15-12(13)10(8-3-2-6-20-8)11(14-15)7-4-5-9(19-7)16(17)18/h2-6H,13H2,1H3. The maximum absolute atomic E-state index is 10.7. The number of anilines is 1. The van der Waals surface area contributed by atoms with Crippen molar-refractivity contribution in [3.05, 3.63) is 39.8 Å². The van der Waals surface area contributed by atoms with Crippen molar-refractivity contribution in [2.75, 3.05) is 5.73 Å². The molecule has 0 unspecified atom stereocenters. The Morgan fingerprint density at radius 2 is 2.25 bits per heavy atom. The largest absolute Gasteiger partial charge is 0.433 e. The molecule has 0 aliphatic rings. The summed E-state index contributed by atoms with van der Waals surface area (Å²) in [6.07, 6.45) is 0. The Morgan fingerprint density at radius 3 is 2.85 bits per heavy atom.